The van der Waals surface area contributed by atoms with Gasteiger partial charge < -0.3 is 9.57 Å². The Morgan fingerprint density at radius 1 is 1.47 bits per heavy atom. The second-order valence-corrected chi connectivity index (χ2v) is 4.40. The van der Waals surface area contributed by atoms with Crippen molar-refractivity contribution in [3.05, 3.63) is 28.8 Å². The molecule has 1 heterocycles. The Morgan fingerprint density at radius 2 is 2.35 bits per heavy atom. The van der Waals surface area contributed by atoms with Crippen molar-refractivity contribution in [1.29, 1.82) is 0 Å². The topological polar surface area (TPSA) is 30.8 Å². The summed E-state index contributed by atoms with van der Waals surface area (Å²) in [5.41, 5.74) is 1.87. The molecule has 0 spiro atoms. The maximum absolute atomic E-state index is 5.97. The quantitative estimate of drug-likeness (QED) is 0.606. The van der Waals surface area contributed by atoms with Crippen molar-refractivity contribution in [2.24, 2.45) is 5.16 Å². The molecule has 1 aromatic rings. The molecule has 2 rings (SSSR count). The minimum atomic E-state index is 0.643. The summed E-state index contributed by atoms with van der Waals surface area (Å²) < 4.78 is 5.54. The highest BCUT2D eigenvalue weighted by molar-refractivity contribution is 6.31. The first-order valence-corrected chi connectivity index (χ1v) is 6.30. The molecule has 0 N–H and O–H groups in total. The van der Waals surface area contributed by atoms with Gasteiger partial charge in [0, 0.05) is 17.0 Å². The molecule has 0 radical (unpaired) electrons. The molecule has 0 aromatic heterocycles. The summed E-state index contributed by atoms with van der Waals surface area (Å²) in [5, 5.41) is 4.87. The van der Waals surface area contributed by atoms with Gasteiger partial charge in [-0.2, -0.15) is 0 Å². The second kappa shape index (κ2) is 5.92. The molecule has 4 heteroatoms. The predicted octanol–water partition coefficient (Wildman–Crippen LogP) is 3.64. The molecule has 1 aliphatic heterocycles. The summed E-state index contributed by atoms with van der Waals surface area (Å²) in [7, 11) is 0. The molecule has 3 nitrogen and oxygen atoms in total. The van der Waals surface area contributed by atoms with E-state index in [1.165, 1.54) is 0 Å². The molecule has 0 saturated carbocycles. The second-order valence-electron chi connectivity index (χ2n) is 3.96. The summed E-state index contributed by atoms with van der Waals surface area (Å²) in [5.74, 6) is 0.832. The van der Waals surface area contributed by atoms with Crippen LogP contribution in [-0.4, -0.2) is 18.9 Å². The van der Waals surface area contributed by atoms with Crippen LogP contribution in [0.2, 0.25) is 5.02 Å². The summed E-state index contributed by atoms with van der Waals surface area (Å²) in [6, 6.07) is 5.57. The van der Waals surface area contributed by atoms with E-state index in [2.05, 4.69) is 12.1 Å². The van der Waals surface area contributed by atoms with Gasteiger partial charge >= 0.3 is 0 Å². The number of hydrogen-bond donors (Lipinski definition) is 0. The molecule has 0 saturated heterocycles. The Kier molecular flexibility index (Phi) is 4.26. The number of halogens is 1. The first kappa shape index (κ1) is 12.2. The van der Waals surface area contributed by atoms with Gasteiger partial charge in [0.2, 0.25) is 0 Å². The molecule has 0 aliphatic carbocycles. The highest BCUT2D eigenvalue weighted by atomic mass is 35.5. The zero-order valence-electron chi connectivity index (χ0n) is 9.91. The number of unbranched alkanes of at least 4 members (excludes halogenated alkanes) is 1. The standard InChI is InChI=1S/C13H16ClNO2/c1-2-3-7-17-15-12-6-8-16-13-5-4-10(14)9-11(12)13/h4-5,9H,2-3,6-8H2,1H3/b15-12+. The van der Waals surface area contributed by atoms with Crippen molar-refractivity contribution >= 4 is 17.3 Å². The highest BCUT2D eigenvalue weighted by Crippen LogP contribution is 2.28. The smallest absolute Gasteiger partial charge is 0.128 e. The Balaban J connectivity index is 2.13. The Morgan fingerprint density at radius 3 is 3.18 bits per heavy atom. The highest BCUT2D eigenvalue weighted by Gasteiger charge is 2.17. The van der Waals surface area contributed by atoms with E-state index in [-0.39, 0.29) is 0 Å². The Labute approximate surface area is 106 Å². The third-order valence-corrected chi connectivity index (χ3v) is 2.85. The zero-order chi connectivity index (χ0) is 12.1. The van der Waals surface area contributed by atoms with Gasteiger partial charge in [0.05, 0.1) is 12.3 Å². The third kappa shape index (κ3) is 3.13. The predicted molar refractivity (Wildman–Crippen MR) is 69.0 cm³/mol. The molecular formula is C13H16ClNO2. The van der Waals surface area contributed by atoms with Crippen LogP contribution in [0.15, 0.2) is 23.4 Å². The number of hydrogen-bond acceptors (Lipinski definition) is 3. The van der Waals surface area contributed by atoms with Gasteiger partial charge in [-0.3, -0.25) is 0 Å². The van der Waals surface area contributed by atoms with E-state index in [0.29, 0.717) is 18.2 Å². The lowest BCUT2D eigenvalue weighted by molar-refractivity contribution is 0.139. The SMILES string of the molecule is CCCCO/N=C1\CCOc2ccc(Cl)cc21. The van der Waals surface area contributed by atoms with Crippen LogP contribution < -0.4 is 4.74 Å². The molecule has 1 aliphatic rings. The molecule has 0 bridgehead atoms. The van der Waals surface area contributed by atoms with Crippen molar-refractivity contribution in [2.75, 3.05) is 13.2 Å². The van der Waals surface area contributed by atoms with E-state index >= 15 is 0 Å². The van der Waals surface area contributed by atoms with Gasteiger partial charge in [-0.05, 0) is 24.6 Å². The minimum Gasteiger partial charge on any atom is -0.492 e. The lowest BCUT2D eigenvalue weighted by atomic mass is 10.0. The molecule has 0 unspecified atom stereocenters. The number of nitrogens with zero attached hydrogens (tertiary/aromatic N) is 1. The number of ether oxygens (including phenoxy) is 1. The van der Waals surface area contributed by atoms with Gasteiger partial charge in [0.1, 0.15) is 12.4 Å². The molecule has 92 valence electrons. The Bertz CT molecular complexity index is 418. The fraction of sp³-hybridized carbons (Fsp3) is 0.462. The van der Waals surface area contributed by atoms with E-state index in [0.717, 1.165) is 36.3 Å². The lowest BCUT2D eigenvalue weighted by Crippen LogP contribution is -2.16. The summed E-state index contributed by atoms with van der Waals surface area (Å²) >= 11 is 5.97. The third-order valence-electron chi connectivity index (χ3n) is 2.61. The molecule has 0 amide bonds. The van der Waals surface area contributed by atoms with Crippen molar-refractivity contribution in [2.45, 2.75) is 26.2 Å². The average molecular weight is 254 g/mol. The molecule has 0 fully saturated rings. The zero-order valence-corrected chi connectivity index (χ0v) is 10.7. The number of rotatable bonds is 4. The van der Waals surface area contributed by atoms with Crippen molar-refractivity contribution in [3.63, 3.8) is 0 Å². The first-order valence-electron chi connectivity index (χ1n) is 5.93. The average Bonchev–Trinajstić information content (AvgIpc) is 2.35. The number of benzene rings is 1. The van der Waals surface area contributed by atoms with Gasteiger partial charge in [-0.1, -0.05) is 30.1 Å². The fourth-order valence-corrected chi connectivity index (χ4v) is 1.85. The van der Waals surface area contributed by atoms with E-state index in [1.807, 2.05) is 18.2 Å². The van der Waals surface area contributed by atoms with Crippen molar-refractivity contribution < 1.29 is 9.57 Å². The fourth-order valence-electron chi connectivity index (χ4n) is 1.67. The van der Waals surface area contributed by atoms with E-state index in [1.54, 1.807) is 0 Å². The largest absolute Gasteiger partial charge is 0.492 e. The molecule has 17 heavy (non-hydrogen) atoms. The maximum Gasteiger partial charge on any atom is 0.128 e. The maximum atomic E-state index is 5.97. The monoisotopic (exact) mass is 253 g/mol. The normalized spacial score (nSPS) is 16.5. The number of oxime groups is 1. The first-order chi connectivity index (χ1) is 8.31. The van der Waals surface area contributed by atoms with Gasteiger partial charge in [-0.15, -0.1) is 0 Å². The van der Waals surface area contributed by atoms with Crippen LogP contribution in [0, 0.1) is 0 Å². The van der Waals surface area contributed by atoms with Crippen LogP contribution >= 0.6 is 11.6 Å². The molecule has 1 aromatic carbocycles. The van der Waals surface area contributed by atoms with Gasteiger partial charge in [0.25, 0.3) is 0 Å². The van der Waals surface area contributed by atoms with E-state index in [4.69, 9.17) is 21.2 Å². The lowest BCUT2D eigenvalue weighted by Gasteiger charge is -2.18. The van der Waals surface area contributed by atoms with Crippen molar-refractivity contribution in [1.82, 2.24) is 0 Å². The van der Waals surface area contributed by atoms with Crippen LogP contribution in [0.3, 0.4) is 0 Å². The summed E-state index contributed by atoms with van der Waals surface area (Å²) in [4.78, 5) is 5.30. The number of fused-ring (bicyclic) bond motifs is 1. The van der Waals surface area contributed by atoms with Crippen LogP contribution in [0.5, 0.6) is 5.75 Å². The van der Waals surface area contributed by atoms with Crippen LogP contribution in [0.4, 0.5) is 0 Å². The Hall–Kier alpha value is -1.22. The molecule has 0 atom stereocenters. The van der Waals surface area contributed by atoms with Crippen LogP contribution in [0.25, 0.3) is 0 Å². The van der Waals surface area contributed by atoms with E-state index < -0.39 is 0 Å². The van der Waals surface area contributed by atoms with Crippen molar-refractivity contribution in [3.8, 4) is 5.75 Å². The van der Waals surface area contributed by atoms with Crippen LogP contribution in [0.1, 0.15) is 31.7 Å². The van der Waals surface area contributed by atoms with Gasteiger partial charge in [0.15, 0.2) is 0 Å². The van der Waals surface area contributed by atoms with E-state index in [9.17, 15) is 0 Å². The van der Waals surface area contributed by atoms with Gasteiger partial charge in [-0.25, -0.2) is 0 Å². The minimum absolute atomic E-state index is 0.643. The molecular weight excluding hydrogens is 238 g/mol. The summed E-state index contributed by atoms with van der Waals surface area (Å²) in [6.07, 6.45) is 2.89. The van der Waals surface area contributed by atoms with Crippen LogP contribution in [-0.2, 0) is 4.84 Å². The summed E-state index contributed by atoms with van der Waals surface area (Å²) in [6.45, 7) is 3.43.